The lowest BCUT2D eigenvalue weighted by Crippen LogP contribution is -1.98. The van der Waals surface area contributed by atoms with Gasteiger partial charge in [-0.1, -0.05) is 12.1 Å². The molecular formula is C13H14BrN3O. The minimum absolute atomic E-state index is 0.503. The first kappa shape index (κ1) is 12.8. The van der Waals surface area contributed by atoms with Gasteiger partial charge in [0.05, 0.1) is 0 Å². The molecule has 0 saturated carbocycles. The number of nitrogens with one attached hydrogen (secondary N) is 1. The molecule has 0 aliphatic rings. The monoisotopic (exact) mass is 307 g/mol. The minimum atomic E-state index is 0.503. The molecule has 0 unspecified atom stereocenters. The van der Waals surface area contributed by atoms with Gasteiger partial charge < -0.3 is 10.1 Å². The van der Waals surface area contributed by atoms with Crippen molar-refractivity contribution in [2.24, 2.45) is 0 Å². The van der Waals surface area contributed by atoms with E-state index < -0.39 is 0 Å². The molecular weight excluding hydrogens is 294 g/mol. The molecule has 0 amide bonds. The maximum absolute atomic E-state index is 5.83. The van der Waals surface area contributed by atoms with Crippen molar-refractivity contribution in [2.45, 2.75) is 13.8 Å². The molecule has 1 aromatic carbocycles. The number of aromatic nitrogens is 2. The third kappa shape index (κ3) is 2.46. The van der Waals surface area contributed by atoms with Gasteiger partial charge in [-0.3, -0.25) is 0 Å². The third-order valence-corrected chi connectivity index (χ3v) is 3.47. The third-order valence-electron chi connectivity index (χ3n) is 2.76. The predicted octanol–water partition coefficient (Wildman–Crippen LogP) is 3.69. The fourth-order valence-corrected chi connectivity index (χ4v) is 2.02. The SMILES string of the molecule is CNc1ncnc(Oc2cccc(C)c2C)c1Br. The molecule has 4 nitrogen and oxygen atoms in total. The van der Waals surface area contributed by atoms with E-state index in [2.05, 4.69) is 44.2 Å². The first-order valence-corrected chi connectivity index (χ1v) is 6.35. The number of anilines is 1. The molecule has 1 aromatic heterocycles. The second-order valence-electron chi connectivity index (χ2n) is 3.89. The van der Waals surface area contributed by atoms with Crippen LogP contribution in [-0.4, -0.2) is 17.0 Å². The Balaban J connectivity index is 2.37. The van der Waals surface area contributed by atoms with E-state index in [0.717, 1.165) is 11.3 Å². The summed E-state index contributed by atoms with van der Waals surface area (Å²) in [7, 11) is 1.80. The zero-order chi connectivity index (χ0) is 13.1. The summed E-state index contributed by atoms with van der Waals surface area (Å²) in [6, 6.07) is 5.94. The molecule has 0 atom stereocenters. The average molecular weight is 308 g/mol. The van der Waals surface area contributed by atoms with Gasteiger partial charge in [-0.05, 0) is 47.0 Å². The van der Waals surface area contributed by atoms with Crippen LogP contribution in [0.1, 0.15) is 11.1 Å². The van der Waals surface area contributed by atoms with Gasteiger partial charge >= 0.3 is 0 Å². The molecule has 0 spiro atoms. The van der Waals surface area contributed by atoms with Gasteiger partial charge in [0.25, 0.3) is 0 Å². The van der Waals surface area contributed by atoms with Crippen molar-refractivity contribution in [3.05, 3.63) is 40.1 Å². The number of hydrogen-bond acceptors (Lipinski definition) is 4. The van der Waals surface area contributed by atoms with Gasteiger partial charge in [0.1, 0.15) is 22.4 Å². The topological polar surface area (TPSA) is 47.0 Å². The van der Waals surface area contributed by atoms with Crippen LogP contribution in [-0.2, 0) is 0 Å². The molecule has 0 aliphatic heterocycles. The van der Waals surface area contributed by atoms with Crippen molar-refractivity contribution in [3.63, 3.8) is 0 Å². The summed E-state index contributed by atoms with van der Waals surface area (Å²) in [4.78, 5) is 8.22. The summed E-state index contributed by atoms with van der Waals surface area (Å²) in [6.07, 6.45) is 1.47. The van der Waals surface area contributed by atoms with Crippen molar-refractivity contribution in [3.8, 4) is 11.6 Å². The fraction of sp³-hybridized carbons (Fsp3) is 0.231. The first-order chi connectivity index (χ1) is 8.63. The maximum Gasteiger partial charge on any atom is 0.238 e. The average Bonchev–Trinajstić information content (AvgIpc) is 2.37. The highest BCUT2D eigenvalue weighted by atomic mass is 79.9. The van der Waals surface area contributed by atoms with Crippen molar-refractivity contribution in [1.29, 1.82) is 0 Å². The molecule has 2 rings (SSSR count). The summed E-state index contributed by atoms with van der Waals surface area (Å²) in [5, 5.41) is 2.97. The Hall–Kier alpha value is -1.62. The lowest BCUT2D eigenvalue weighted by Gasteiger charge is -2.11. The van der Waals surface area contributed by atoms with E-state index in [4.69, 9.17) is 4.74 Å². The maximum atomic E-state index is 5.83. The minimum Gasteiger partial charge on any atom is -0.437 e. The number of rotatable bonds is 3. The fourth-order valence-electron chi connectivity index (χ4n) is 1.54. The molecule has 0 radical (unpaired) electrons. The zero-order valence-corrected chi connectivity index (χ0v) is 12.1. The van der Waals surface area contributed by atoms with Gasteiger partial charge in [0, 0.05) is 7.05 Å². The normalized spacial score (nSPS) is 10.2. The highest BCUT2D eigenvalue weighted by Gasteiger charge is 2.11. The van der Waals surface area contributed by atoms with Gasteiger partial charge in [-0.25, -0.2) is 9.97 Å². The first-order valence-electron chi connectivity index (χ1n) is 5.55. The van der Waals surface area contributed by atoms with Crippen LogP contribution in [0.4, 0.5) is 5.82 Å². The summed E-state index contributed by atoms with van der Waals surface area (Å²) in [5.74, 6) is 2.00. The Bertz CT molecular complexity index is 572. The number of halogens is 1. The smallest absolute Gasteiger partial charge is 0.238 e. The molecule has 94 valence electrons. The molecule has 0 aliphatic carbocycles. The number of nitrogens with zero attached hydrogens (tertiary/aromatic N) is 2. The zero-order valence-electron chi connectivity index (χ0n) is 10.5. The molecule has 1 heterocycles. The van der Waals surface area contributed by atoms with Gasteiger partial charge in [0.2, 0.25) is 5.88 Å². The van der Waals surface area contributed by atoms with E-state index in [1.54, 1.807) is 7.05 Å². The van der Waals surface area contributed by atoms with Crippen molar-refractivity contribution >= 4 is 21.7 Å². The van der Waals surface area contributed by atoms with Crippen LogP contribution >= 0.6 is 15.9 Å². The highest BCUT2D eigenvalue weighted by Crippen LogP contribution is 2.33. The van der Waals surface area contributed by atoms with Gasteiger partial charge in [-0.15, -0.1) is 0 Å². The molecule has 1 N–H and O–H groups in total. The standard InChI is InChI=1S/C13H14BrN3O/c1-8-5-4-6-10(9(8)2)18-13-11(14)12(15-3)16-7-17-13/h4-7H,1-3H3,(H,15,16,17). The number of hydrogen-bond donors (Lipinski definition) is 1. The lowest BCUT2D eigenvalue weighted by atomic mass is 10.1. The van der Waals surface area contributed by atoms with Crippen LogP contribution in [0, 0.1) is 13.8 Å². The predicted molar refractivity (Wildman–Crippen MR) is 75.3 cm³/mol. The van der Waals surface area contributed by atoms with Crippen LogP contribution in [0.5, 0.6) is 11.6 Å². The van der Waals surface area contributed by atoms with Crippen LogP contribution in [0.3, 0.4) is 0 Å². The van der Waals surface area contributed by atoms with E-state index in [9.17, 15) is 0 Å². The number of benzene rings is 1. The van der Waals surface area contributed by atoms with E-state index in [-0.39, 0.29) is 0 Å². The van der Waals surface area contributed by atoms with Gasteiger partial charge in [0.15, 0.2) is 0 Å². The van der Waals surface area contributed by atoms with Crippen LogP contribution in [0.2, 0.25) is 0 Å². The van der Waals surface area contributed by atoms with Crippen LogP contribution in [0.15, 0.2) is 29.0 Å². The largest absolute Gasteiger partial charge is 0.437 e. The molecule has 2 aromatic rings. The lowest BCUT2D eigenvalue weighted by molar-refractivity contribution is 0.454. The second kappa shape index (κ2) is 5.35. The Labute approximate surface area is 115 Å². The Kier molecular flexibility index (Phi) is 3.81. The number of aryl methyl sites for hydroxylation is 1. The van der Waals surface area contributed by atoms with Crippen LogP contribution in [0.25, 0.3) is 0 Å². The van der Waals surface area contributed by atoms with E-state index in [0.29, 0.717) is 16.2 Å². The molecule has 0 fully saturated rings. The van der Waals surface area contributed by atoms with E-state index >= 15 is 0 Å². The van der Waals surface area contributed by atoms with E-state index in [1.165, 1.54) is 11.9 Å². The van der Waals surface area contributed by atoms with Gasteiger partial charge in [-0.2, -0.15) is 0 Å². The summed E-state index contributed by atoms with van der Waals surface area (Å²) in [5.41, 5.74) is 2.29. The second-order valence-corrected chi connectivity index (χ2v) is 4.68. The quantitative estimate of drug-likeness (QED) is 0.939. The Morgan fingerprint density at radius 1 is 1.22 bits per heavy atom. The van der Waals surface area contributed by atoms with Crippen molar-refractivity contribution < 1.29 is 4.74 Å². The number of ether oxygens (including phenoxy) is 1. The summed E-state index contributed by atoms with van der Waals surface area (Å²) < 4.78 is 6.54. The Morgan fingerprint density at radius 3 is 2.72 bits per heavy atom. The summed E-state index contributed by atoms with van der Waals surface area (Å²) >= 11 is 3.43. The van der Waals surface area contributed by atoms with Crippen molar-refractivity contribution in [1.82, 2.24) is 9.97 Å². The highest BCUT2D eigenvalue weighted by molar-refractivity contribution is 9.10. The molecule has 0 bridgehead atoms. The van der Waals surface area contributed by atoms with E-state index in [1.807, 2.05) is 19.1 Å². The van der Waals surface area contributed by atoms with Crippen LogP contribution < -0.4 is 10.1 Å². The van der Waals surface area contributed by atoms with Crippen molar-refractivity contribution in [2.75, 3.05) is 12.4 Å². The molecule has 18 heavy (non-hydrogen) atoms. The summed E-state index contributed by atoms with van der Waals surface area (Å²) in [6.45, 7) is 4.08. The molecule has 5 heteroatoms. The molecule has 0 saturated heterocycles. The Morgan fingerprint density at radius 2 is 2.00 bits per heavy atom.